The van der Waals surface area contributed by atoms with Gasteiger partial charge in [-0.15, -0.1) is 0 Å². The van der Waals surface area contributed by atoms with E-state index in [0.29, 0.717) is 22.0 Å². The minimum atomic E-state index is -0.954. The van der Waals surface area contributed by atoms with Gasteiger partial charge in [-0.2, -0.15) is 0 Å². The van der Waals surface area contributed by atoms with E-state index in [1.165, 1.54) is 6.42 Å². The van der Waals surface area contributed by atoms with Gasteiger partial charge in [0.25, 0.3) is 0 Å². The Bertz CT molecular complexity index is 1560. The number of anilines is 2. The maximum absolute atomic E-state index is 11.4. The van der Waals surface area contributed by atoms with Gasteiger partial charge in [-0.25, -0.2) is 4.79 Å². The summed E-state index contributed by atoms with van der Waals surface area (Å²) in [7, 11) is 0. The van der Waals surface area contributed by atoms with Gasteiger partial charge in [-0.1, -0.05) is 31.5 Å². The molecule has 2 saturated heterocycles. The van der Waals surface area contributed by atoms with Crippen LogP contribution in [0.5, 0.6) is 0 Å². The van der Waals surface area contributed by atoms with E-state index in [-0.39, 0.29) is 17.6 Å². The molecule has 0 unspecified atom stereocenters. The second-order valence-electron chi connectivity index (χ2n) is 11.1. The first-order valence-electron chi connectivity index (χ1n) is 13.9. The average Bonchev–Trinajstić information content (AvgIpc) is 3.57. The number of carboxylic acid groups (broad SMARTS) is 1. The molecule has 9 heteroatoms. The van der Waals surface area contributed by atoms with Crippen molar-refractivity contribution in [3.8, 4) is 5.69 Å². The third kappa shape index (κ3) is 5.29. The monoisotopic (exact) mass is 585 g/mol. The van der Waals surface area contributed by atoms with Gasteiger partial charge in [0.05, 0.1) is 28.0 Å². The molecule has 0 amide bonds. The van der Waals surface area contributed by atoms with Crippen molar-refractivity contribution in [1.29, 1.82) is 0 Å². The first-order chi connectivity index (χ1) is 19.8. The van der Waals surface area contributed by atoms with Gasteiger partial charge in [0.2, 0.25) is 0 Å². The molecule has 2 aromatic heterocycles. The number of rotatable bonds is 6. The molecule has 2 fully saturated rings. The number of carbonyl (C=O) groups is 1. The molecule has 0 radical (unpaired) electrons. The highest BCUT2D eigenvalue weighted by Gasteiger charge is 2.42. The van der Waals surface area contributed by atoms with Gasteiger partial charge < -0.3 is 24.8 Å². The van der Waals surface area contributed by atoms with Crippen molar-refractivity contribution in [3.63, 3.8) is 0 Å². The zero-order valence-corrected chi connectivity index (χ0v) is 24.5. The Morgan fingerprint density at radius 1 is 1.00 bits per heavy atom. The highest BCUT2D eigenvalue weighted by Crippen LogP contribution is 2.44. The Morgan fingerprint density at radius 2 is 1.73 bits per heavy atom. The molecule has 4 aromatic rings. The third-order valence-electron chi connectivity index (χ3n) is 7.99. The van der Waals surface area contributed by atoms with Crippen LogP contribution < -0.4 is 15.1 Å². The number of carboxylic acids is 1. The molecular weight excluding hydrogens is 554 g/mol. The first kappa shape index (κ1) is 27.3. The lowest BCUT2D eigenvalue weighted by Crippen LogP contribution is -2.38. The highest BCUT2D eigenvalue weighted by atomic mass is 35.5. The zero-order valence-electron chi connectivity index (χ0n) is 22.9. The largest absolute Gasteiger partial charge is 0.478 e. The van der Waals surface area contributed by atoms with Crippen LogP contribution in [-0.2, 0) is 0 Å². The number of benzene rings is 2. The Balaban J connectivity index is 1.41. The number of hydrogen-bond donors (Lipinski definition) is 2. The smallest absolute Gasteiger partial charge is 0.335 e. The van der Waals surface area contributed by atoms with Crippen LogP contribution in [0, 0.1) is 11.8 Å². The minimum Gasteiger partial charge on any atom is -0.478 e. The number of piperidine rings is 1. The van der Waals surface area contributed by atoms with Gasteiger partial charge in [-0.3, -0.25) is 4.98 Å². The Kier molecular flexibility index (Phi) is 7.45. The van der Waals surface area contributed by atoms with E-state index >= 15 is 0 Å². The molecular formula is C32H32ClN5O2S. The third-order valence-corrected chi connectivity index (χ3v) is 8.61. The van der Waals surface area contributed by atoms with Crippen molar-refractivity contribution in [1.82, 2.24) is 14.9 Å². The summed E-state index contributed by atoms with van der Waals surface area (Å²) in [5, 5.41) is 14.2. The van der Waals surface area contributed by atoms with E-state index in [2.05, 4.69) is 56.7 Å². The number of hydrogen-bond acceptors (Lipinski definition) is 4. The molecule has 2 aliphatic rings. The summed E-state index contributed by atoms with van der Waals surface area (Å²) < 4.78 is 2.07. The number of nitrogens with zero attached hydrogens (tertiary/aromatic N) is 4. The van der Waals surface area contributed by atoms with Crippen molar-refractivity contribution in [3.05, 3.63) is 107 Å². The summed E-state index contributed by atoms with van der Waals surface area (Å²) in [6.07, 6.45) is 5.00. The van der Waals surface area contributed by atoms with Crippen LogP contribution in [0.3, 0.4) is 0 Å². The summed E-state index contributed by atoms with van der Waals surface area (Å²) in [6, 6.07) is 22.6. The van der Waals surface area contributed by atoms with Crippen LogP contribution >= 0.6 is 23.8 Å². The van der Waals surface area contributed by atoms with E-state index in [4.69, 9.17) is 23.8 Å². The predicted molar refractivity (Wildman–Crippen MR) is 167 cm³/mol. The number of halogens is 1. The topological polar surface area (TPSA) is 73.6 Å². The first-order valence-corrected chi connectivity index (χ1v) is 14.6. The fraction of sp³-hybridized carbons (Fsp3) is 0.281. The van der Waals surface area contributed by atoms with Crippen molar-refractivity contribution in [2.24, 2.45) is 11.8 Å². The molecule has 2 aromatic carbocycles. The van der Waals surface area contributed by atoms with Crippen molar-refractivity contribution in [2.45, 2.75) is 32.4 Å². The number of aromatic carboxylic acids is 1. The van der Waals surface area contributed by atoms with Gasteiger partial charge in [0.1, 0.15) is 6.04 Å². The van der Waals surface area contributed by atoms with E-state index in [9.17, 15) is 9.90 Å². The maximum atomic E-state index is 11.4. The molecule has 210 valence electrons. The zero-order chi connectivity index (χ0) is 28.7. The van der Waals surface area contributed by atoms with Crippen molar-refractivity contribution >= 4 is 46.3 Å². The average molecular weight is 586 g/mol. The van der Waals surface area contributed by atoms with Crippen LogP contribution in [0.25, 0.3) is 5.69 Å². The van der Waals surface area contributed by atoms with Crippen LogP contribution in [0.4, 0.5) is 11.4 Å². The number of thiocarbonyl (C=S) groups is 1. The molecule has 4 heterocycles. The van der Waals surface area contributed by atoms with Gasteiger partial charge in [-0.05, 0) is 97.2 Å². The summed E-state index contributed by atoms with van der Waals surface area (Å²) in [6.45, 7) is 6.58. The number of nitrogens with one attached hydrogen (secondary N) is 1. The second-order valence-corrected chi connectivity index (χ2v) is 11.9. The molecule has 4 atom stereocenters. The summed E-state index contributed by atoms with van der Waals surface area (Å²) >= 11 is 12.9. The lowest BCUT2D eigenvalue weighted by Gasteiger charge is -2.37. The summed E-state index contributed by atoms with van der Waals surface area (Å²) in [4.78, 5) is 20.6. The van der Waals surface area contributed by atoms with Crippen LogP contribution in [0.15, 0.2) is 85.2 Å². The minimum absolute atomic E-state index is 0.224. The van der Waals surface area contributed by atoms with Crippen LogP contribution in [0.2, 0.25) is 5.02 Å². The fourth-order valence-corrected chi connectivity index (χ4v) is 6.97. The maximum Gasteiger partial charge on any atom is 0.335 e. The molecule has 0 aliphatic carbocycles. The summed E-state index contributed by atoms with van der Waals surface area (Å²) in [5.41, 5.74) is 4.89. The van der Waals surface area contributed by atoms with E-state index < -0.39 is 5.97 Å². The SMILES string of the molecule is C[C@@H]1C[C@H](C)CN(c2ccc(N3C(=S)N[C@@H](c4ccccn4)[C@@H]3c3cccn3-c3ccc(C(=O)O)cc3)cc2Cl)C1. The van der Waals surface area contributed by atoms with Crippen LogP contribution in [-0.4, -0.2) is 38.8 Å². The van der Waals surface area contributed by atoms with E-state index in [1.54, 1.807) is 18.3 Å². The van der Waals surface area contributed by atoms with Crippen molar-refractivity contribution < 1.29 is 9.90 Å². The van der Waals surface area contributed by atoms with E-state index in [0.717, 1.165) is 41.5 Å². The standard InChI is InChI=1S/C32H32ClN5O2S/c1-20-16-21(2)19-36(18-20)27-13-12-24(17-25(27)33)38-30(29(35-32(38)41)26-6-3-4-14-34-26)28-7-5-15-37(28)23-10-8-22(9-11-23)31(39)40/h3-15,17,20-21,29-30H,16,18-19H2,1-2H3,(H,35,41)(H,39,40)/t20-,21+,29-,30-/m0/s1. The lowest BCUT2D eigenvalue weighted by molar-refractivity contribution is 0.0697. The van der Waals surface area contributed by atoms with Gasteiger partial charge >= 0.3 is 5.97 Å². The highest BCUT2D eigenvalue weighted by molar-refractivity contribution is 7.80. The fourth-order valence-electron chi connectivity index (χ4n) is 6.33. The predicted octanol–water partition coefficient (Wildman–Crippen LogP) is 6.88. The molecule has 2 N–H and O–H groups in total. The normalized spacial score (nSPS) is 22.6. The number of aromatic nitrogens is 2. The quantitative estimate of drug-likeness (QED) is 0.239. The molecule has 0 bridgehead atoms. The van der Waals surface area contributed by atoms with Crippen molar-refractivity contribution in [2.75, 3.05) is 22.9 Å². The van der Waals surface area contributed by atoms with E-state index in [1.807, 2.05) is 48.7 Å². The van der Waals surface area contributed by atoms with Gasteiger partial charge in [0, 0.05) is 42.6 Å². The second kappa shape index (κ2) is 11.2. The molecule has 0 saturated carbocycles. The molecule has 41 heavy (non-hydrogen) atoms. The lowest BCUT2D eigenvalue weighted by atomic mass is 9.91. The Labute approximate surface area is 250 Å². The Morgan fingerprint density at radius 3 is 2.39 bits per heavy atom. The molecule has 7 nitrogen and oxygen atoms in total. The molecule has 2 aliphatic heterocycles. The Hall–Kier alpha value is -3.88. The van der Waals surface area contributed by atoms with Crippen LogP contribution in [0.1, 0.15) is 54.1 Å². The summed E-state index contributed by atoms with van der Waals surface area (Å²) in [5.74, 6) is 0.279. The van der Waals surface area contributed by atoms with Gasteiger partial charge in [0.15, 0.2) is 5.11 Å². The number of pyridine rings is 1. The molecule has 6 rings (SSSR count). The molecule has 0 spiro atoms.